The summed E-state index contributed by atoms with van der Waals surface area (Å²) in [7, 11) is 0. The van der Waals surface area contributed by atoms with Gasteiger partial charge in [-0.3, -0.25) is 14.9 Å². The van der Waals surface area contributed by atoms with Crippen molar-refractivity contribution in [1.82, 2.24) is 5.32 Å². The summed E-state index contributed by atoms with van der Waals surface area (Å²) in [6.45, 7) is 2.92. The van der Waals surface area contributed by atoms with Crippen molar-refractivity contribution >= 4 is 5.91 Å². The molecule has 5 nitrogen and oxygen atoms in total. The van der Waals surface area contributed by atoms with Gasteiger partial charge in [-0.25, -0.2) is 0 Å². The Hall–Kier alpha value is -1.91. The van der Waals surface area contributed by atoms with Gasteiger partial charge in [0.1, 0.15) is 6.04 Å². The predicted octanol–water partition coefficient (Wildman–Crippen LogP) is 1.45. The Morgan fingerprint density at radius 3 is 2.62 bits per heavy atom. The van der Waals surface area contributed by atoms with E-state index in [1.807, 2.05) is 19.1 Å². The maximum absolute atomic E-state index is 11.0. The minimum absolute atomic E-state index is 0.268. The van der Waals surface area contributed by atoms with Gasteiger partial charge in [-0.2, -0.15) is 0 Å². The number of nitrogens with one attached hydrogen (secondary N) is 1. The van der Waals surface area contributed by atoms with E-state index in [1.54, 1.807) is 12.1 Å². The van der Waals surface area contributed by atoms with Crippen molar-refractivity contribution in [3.05, 3.63) is 45.5 Å². The summed E-state index contributed by atoms with van der Waals surface area (Å²) in [5, 5.41) is 13.1. The summed E-state index contributed by atoms with van der Waals surface area (Å²) in [4.78, 5) is 21.1. The first-order valence-corrected chi connectivity index (χ1v) is 4.95. The zero-order valence-corrected chi connectivity index (χ0v) is 9.27. The van der Waals surface area contributed by atoms with Crippen molar-refractivity contribution in [3.63, 3.8) is 0 Å². The van der Waals surface area contributed by atoms with Crippen LogP contribution in [0.5, 0.6) is 0 Å². The van der Waals surface area contributed by atoms with E-state index in [9.17, 15) is 14.9 Å². The Bertz CT molecular complexity index is 388. The van der Waals surface area contributed by atoms with E-state index < -0.39 is 11.0 Å². The summed E-state index contributed by atoms with van der Waals surface area (Å²) in [6.07, 6.45) is 0. The standard InChI is InChI=1S/C11H14N2O3/c1-8-5-3-4-6-10(8)11(7-13(15)16)12-9(2)14/h3-6,11H,7H2,1-2H3,(H,12,14)/t11-/m1/s1. The molecule has 0 aliphatic rings. The summed E-state index contributed by atoms with van der Waals surface area (Å²) >= 11 is 0. The molecule has 0 aliphatic heterocycles. The van der Waals surface area contributed by atoms with E-state index in [0.29, 0.717) is 0 Å². The van der Waals surface area contributed by atoms with Gasteiger partial charge in [0.2, 0.25) is 12.5 Å². The van der Waals surface area contributed by atoms with Crippen LogP contribution in [0.3, 0.4) is 0 Å². The van der Waals surface area contributed by atoms with Crippen molar-refractivity contribution in [2.24, 2.45) is 0 Å². The molecule has 0 saturated carbocycles. The van der Waals surface area contributed by atoms with Crippen LogP contribution in [0.1, 0.15) is 24.1 Å². The Balaban J connectivity index is 2.96. The van der Waals surface area contributed by atoms with Crippen molar-refractivity contribution in [3.8, 4) is 0 Å². The van der Waals surface area contributed by atoms with Crippen LogP contribution in [-0.2, 0) is 4.79 Å². The molecule has 0 aliphatic carbocycles. The number of amides is 1. The van der Waals surface area contributed by atoms with E-state index in [2.05, 4.69) is 5.32 Å². The van der Waals surface area contributed by atoms with Gasteiger partial charge in [0, 0.05) is 11.8 Å². The Morgan fingerprint density at radius 1 is 1.50 bits per heavy atom. The monoisotopic (exact) mass is 222 g/mol. The van der Waals surface area contributed by atoms with Crippen LogP contribution in [0.2, 0.25) is 0 Å². The van der Waals surface area contributed by atoms with E-state index >= 15 is 0 Å². The molecule has 0 heterocycles. The van der Waals surface area contributed by atoms with Gasteiger partial charge in [-0.05, 0) is 18.1 Å². The number of carbonyl (C=O) groups is 1. The van der Waals surface area contributed by atoms with Crippen molar-refractivity contribution in [2.75, 3.05) is 6.54 Å². The van der Waals surface area contributed by atoms with Crippen LogP contribution in [-0.4, -0.2) is 17.4 Å². The molecule has 1 atom stereocenters. The highest BCUT2D eigenvalue weighted by molar-refractivity contribution is 5.73. The highest BCUT2D eigenvalue weighted by Crippen LogP contribution is 2.17. The molecule has 0 spiro atoms. The van der Waals surface area contributed by atoms with Gasteiger partial charge in [0.25, 0.3) is 0 Å². The second-order valence-corrected chi connectivity index (χ2v) is 3.63. The smallest absolute Gasteiger partial charge is 0.227 e. The number of hydrogen-bond donors (Lipinski definition) is 1. The average Bonchev–Trinajstić information content (AvgIpc) is 2.15. The number of aryl methyl sites for hydroxylation is 1. The molecule has 0 fully saturated rings. The molecule has 16 heavy (non-hydrogen) atoms. The number of carbonyl (C=O) groups excluding carboxylic acids is 1. The minimum Gasteiger partial charge on any atom is -0.343 e. The lowest BCUT2D eigenvalue weighted by molar-refractivity contribution is -0.484. The third-order valence-corrected chi connectivity index (χ3v) is 2.27. The number of nitrogens with zero attached hydrogens (tertiary/aromatic N) is 1. The molecule has 0 bridgehead atoms. The molecular weight excluding hydrogens is 208 g/mol. The van der Waals surface area contributed by atoms with Gasteiger partial charge in [0.05, 0.1) is 0 Å². The maximum Gasteiger partial charge on any atom is 0.227 e. The number of nitro groups is 1. The molecule has 0 saturated heterocycles. The minimum atomic E-state index is -0.561. The molecule has 0 aromatic heterocycles. The highest BCUT2D eigenvalue weighted by atomic mass is 16.6. The normalized spacial score (nSPS) is 11.9. The third kappa shape index (κ3) is 3.34. The SMILES string of the molecule is CC(=O)N[C@H](C[N+](=O)[O-])c1ccccc1C. The maximum atomic E-state index is 11.0. The second kappa shape index (κ2) is 5.25. The van der Waals surface area contributed by atoms with Crippen LogP contribution >= 0.6 is 0 Å². The van der Waals surface area contributed by atoms with Gasteiger partial charge in [0.15, 0.2) is 0 Å². The number of rotatable bonds is 4. The van der Waals surface area contributed by atoms with Crippen LogP contribution in [0, 0.1) is 17.0 Å². The fourth-order valence-corrected chi connectivity index (χ4v) is 1.59. The number of benzene rings is 1. The van der Waals surface area contributed by atoms with E-state index in [0.717, 1.165) is 11.1 Å². The van der Waals surface area contributed by atoms with E-state index in [1.165, 1.54) is 6.92 Å². The van der Waals surface area contributed by atoms with E-state index in [4.69, 9.17) is 0 Å². The van der Waals surface area contributed by atoms with Gasteiger partial charge < -0.3 is 5.32 Å². The molecule has 1 amide bonds. The topological polar surface area (TPSA) is 72.2 Å². The molecule has 1 aromatic carbocycles. The zero-order chi connectivity index (χ0) is 12.1. The summed E-state index contributed by atoms with van der Waals surface area (Å²) in [5.74, 6) is -0.268. The summed E-state index contributed by atoms with van der Waals surface area (Å²) < 4.78 is 0. The van der Waals surface area contributed by atoms with Crippen LogP contribution < -0.4 is 5.32 Å². The zero-order valence-electron chi connectivity index (χ0n) is 9.27. The van der Waals surface area contributed by atoms with Crippen LogP contribution in [0.25, 0.3) is 0 Å². The first kappa shape index (κ1) is 12.2. The highest BCUT2D eigenvalue weighted by Gasteiger charge is 2.19. The van der Waals surface area contributed by atoms with Gasteiger partial charge in [-0.15, -0.1) is 0 Å². The molecule has 0 radical (unpaired) electrons. The molecule has 86 valence electrons. The largest absolute Gasteiger partial charge is 0.343 e. The van der Waals surface area contributed by atoms with Crippen LogP contribution in [0.4, 0.5) is 0 Å². The van der Waals surface area contributed by atoms with Crippen molar-refractivity contribution in [1.29, 1.82) is 0 Å². The Morgan fingerprint density at radius 2 is 2.12 bits per heavy atom. The predicted molar refractivity (Wildman–Crippen MR) is 59.6 cm³/mol. The lowest BCUT2D eigenvalue weighted by Gasteiger charge is -2.16. The average molecular weight is 222 g/mol. The molecule has 0 unspecified atom stereocenters. The lowest BCUT2D eigenvalue weighted by Crippen LogP contribution is -2.31. The first-order chi connectivity index (χ1) is 7.50. The van der Waals surface area contributed by atoms with Crippen molar-refractivity contribution in [2.45, 2.75) is 19.9 Å². The lowest BCUT2D eigenvalue weighted by atomic mass is 10.0. The quantitative estimate of drug-likeness (QED) is 0.619. The number of hydrogen-bond acceptors (Lipinski definition) is 3. The fourth-order valence-electron chi connectivity index (χ4n) is 1.59. The third-order valence-electron chi connectivity index (χ3n) is 2.27. The van der Waals surface area contributed by atoms with Gasteiger partial charge >= 0.3 is 0 Å². The molecule has 5 heteroatoms. The van der Waals surface area contributed by atoms with E-state index in [-0.39, 0.29) is 12.5 Å². The molecular formula is C11H14N2O3. The summed E-state index contributed by atoms with van der Waals surface area (Å²) in [5.41, 5.74) is 1.72. The molecule has 1 N–H and O–H groups in total. The first-order valence-electron chi connectivity index (χ1n) is 4.95. The van der Waals surface area contributed by atoms with Crippen LogP contribution in [0.15, 0.2) is 24.3 Å². The Kier molecular flexibility index (Phi) is 3.99. The van der Waals surface area contributed by atoms with Crippen molar-refractivity contribution < 1.29 is 9.72 Å². The molecule has 1 aromatic rings. The fraction of sp³-hybridized carbons (Fsp3) is 0.364. The summed E-state index contributed by atoms with van der Waals surface area (Å²) in [6, 6.07) is 6.75. The second-order valence-electron chi connectivity index (χ2n) is 3.63. The molecule has 1 rings (SSSR count). The Labute approximate surface area is 93.6 Å². The van der Waals surface area contributed by atoms with Gasteiger partial charge in [-0.1, -0.05) is 24.3 Å².